The zero-order valence-corrected chi connectivity index (χ0v) is 18.0. The summed E-state index contributed by atoms with van der Waals surface area (Å²) in [4.78, 5) is 44.8. The number of carbonyl (C=O) groups excluding carboxylic acids is 3. The number of rotatable bonds is 9. The summed E-state index contributed by atoms with van der Waals surface area (Å²) in [5.74, 6) is -0.328. The maximum atomic E-state index is 13.6. The van der Waals surface area contributed by atoms with Crippen LogP contribution < -0.4 is 20.9 Å². The molecule has 1 aromatic rings. The van der Waals surface area contributed by atoms with Gasteiger partial charge in [-0.05, 0) is 37.9 Å². The number of likely N-dealkylation sites (N-methyl/N-ethyl adjacent to an activating group) is 2. The molecule has 0 fully saturated rings. The van der Waals surface area contributed by atoms with E-state index in [1.54, 1.807) is 19.3 Å². The molecule has 0 bridgehead atoms. The molecule has 4 unspecified atom stereocenters. The van der Waals surface area contributed by atoms with E-state index in [4.69, 9.17) is 0 Å². The molecule has 1 aliphatic rings. The summed E-state index contributed by atoms with van der Waals surface area (Å²) in [5.41, 5.74) is 0.855. The number of hydrogen-bond donors (Lipinski definition) is 3. The fourth-order valence-corrected chi connectivity index (χ4v) is 3.62. The van der Waals surface area contributed by atoms with Crippen molar-refractivity contribution in [1.29, 1.82) is 0 Å². The van der Waals surface area contributed by atoms with Crippen molar-refractivity contribution in [1.82, 2.24) is 20.9 Å². The molecular formula is C21H33N5O3. The normalized spacial score (nSPS) is 18.5. The predicted octanol–water partition coefficient (Wildman–Crippen LogP) is 1.00. The molecule has 0 spiro atoms. The van der Waals surface area contributed by atoms with Gasteiger partial charge in [0, 0.05) is 19.2 Å². The van der Waals surface area contributed by atoms with E-state index >= 15 is 0 Å². The van der Waals surface area contributed by atoms with Crippen LogP contribution in [0.1, 0.15) is 46.1 Å². The van der Waals surface area contributed by atoms with Crippen LogP contribution in [0.25, 0.3) is 0 Å². The van der Waals surface area contributed by atoms with Crippen LogP contribution in [0.15, 0.2) is 18.3 Å². The summed E-state index contributed by atoms with van der Waals surface area (Å²) >= 11 is 0. The smallest absolute Gasteiger partial charge is 0.251 e. The van der Waals surface area contributed by atoms with Gasteiger partial charge in [0.25, 0.3) is 5.91 Å². The first-order valence-electron chi connectivity index (χ1n) is 10.4. The molecule has 0 aliphatic carbocycles. The molecule has 1 aromatic heterocycles. The molecule has 160 valence electrons. The molecule has 3 amide bonds. The number of hydrogen-bond acceptors (Lipinski definition) is 5. The van der Waals surface area contributed by atoms with Crippen LogP contribution in [-0.2, 0) is 20.8 Å². The van der Waals surface area contributed by atoms with E-state index in [9.17, 15) is 14.4 Å². The van der Waals surface area contributed by atoms with Gasteiger partial charge in [-0.3, -0.25) is 19.3 Å². The van der Waals surface area contributed by atoms with Crippen LogP contribution in [0.3, 0.4) is 0 Å². The minimum absolute atomic E-state index is 0.0940. The average molecular weight is 404 g/mol. The molecule has 0 saturated carbocycles. The topological polar surface area (TPSA) is 103 Å². The lowest BCUT2D eigenvalue weighted by Crippen LogP contribution is -2.58. The van der Waals surface area contributed by atoms with Crippen LogP contribution in [0.4, 0.5) is 5.82 Å². The first-order valence-corrected chi connectivity index (χ1v) is 10.4. The van der Waals surface area contributed by atoms with Gasteiger partial charge in [-0.1, -0.05) is 33.3 Å². The van der Waals surface area contributed by atoms with Crippen molar-refractivity contribution in [2.24, 2.45) is 5.92 Å². The lowest BCUT2D eigenvalue weighted by atomic mass is 9.96. The second-order valence-corrected chi connectivity index (χ2v) is 7.43. The molecule has 4 atom stereocenters. The molecule has 0 saturated heterocycles. The standard InChI is InChI=1S/C21H33N5O3/c1-6-13(4)17(25-19(27)15(7-2)22-5)21(29)26-16(20(28)23-8-3)12-14-10-9-11-24-18(14)26/h9-11,13,15-17,22H,6-8,12H2,1-5H3,(H,23,28)(H,25,27). The van der Waals surface area contributed by atoms with Gasteiger partial charge in [0.15, 0.2) is 0 Å². The van der Waals surface area contributed by atoms with Gasteiger partial charge in [-0.2, -0.15) is 0 Å². The third-order valence-electron chi connectivity index (χ3n) is 5.56. The van der Waals surface area contributed by atoms with E-state index in [-0.39, 0.29) is 29.7 Å². The fraction of sp³-hybridized carbons (Fsp3) is 0.619. The molecule has 29 heavy (non-hydrogen) atoms. The minimum Gasteiger partial charge on any atom is -0.355 e. The Hall–Kier alpha value is -2.48. The van der Waals surface area contributed by atoms with Crippen LogP contribution in [-0.4, -0.2) is 54.4 Å². The van der Waals surface area contributed by atoms with E-state index < -0.39 is 12.1 Å². The Bertz CT molecular complexity index is 735. The third kappa shape index (κ3) is 4.93. The number of aromatic nitrogens is 1. The Labute approximate surface area is 172 Å². The predicted molar refractivity (Wildman–Crippen MR) is 112 cm³/mol. The lowest BCUT2D eigenvalue weighted by Gasteiger charge is -2.32. The Morgan fingerprint density at radius 1 is 1.24 bits per heavy atom. The van der Waals surface area contributed by atoms with E-state index in [0.29, 0.717) is 31.6 Å². The number of fused-ring (bicyclic) bond motifs is 1. The number of pyridine rings is 1. The Morgan fingerprint density at radius 2 is 1.97 bits per heavy atom. The van der Waals surface area contributed by atoms with Crippen LogP contribution >= 0.6 is 0 Å². The van der Waals surface area contributed by atoms with Gasteiger partial charge in [0.05, 0.1) is 6.04 Å². The molecule has 0 radical (unpaired) electrons. The molecule has 2 heterocycles. The summed E-state index contributed by atoms with van der Waals surface area (Å²) in [7, 11) is 1.72. The van der Waals surface area contributed by atoms with Gasteiger partial charge in [-0.15, -0.1) is 0 Å². The SMILES string of the molecule is CCNC(=O)C1Cc2cccnc2N1C(=O)C(NC(=O)C(CC)NC)C(C)CC. The quantitative estimate of drug-likeness (QED) is 0.571. The number of carbonyl (C=O) groups is 3. The fourth-order valence-electron chi connectivity index (χ4n) is 3.62. The minimum atomic E-state index is -0.736. The van der Waals surface area contributed by atoms with Gasteiger partial charge in [0.1, 0.15) is 17.9 Å². The van der Waals surface area contributed by atoms with Crippen LogP contribution in [0.2, 0.25) is 0 Å². The zero-order valence-electron chi connectivity index (χ0n) is 18.0. The second kappa shape index (κ2) is 10.3. The maximum absolute atomic E-state index is 13.6. The van der Waals surface area contributed by atoms with Crippen LogP contribution in [0, 0.1) is 5.92 Å². The Kier molecular flexibility index (Phi) is 8.13. The highest BCUT2D eigenvalue weighted by Crippen LogP contribution is 2.31. The van der Waals surface area contributed by atoms with Crippen molar-refractivity contribution in [2.45, 2.75) is 65.1 Å². The first kappa shape index (κ1) is 22.8. The monoisotopic (exact) mass is 403 g/mol. The summed E-state index contributed by atoms with van der Waals surface area (Å²) in [6.07, 6.45) is 3.35. The Balaban J connectivity index is 2.38. The van der Waals surface area contributed by atoms with E-state index in [2.05, 4.69) is 20.9 Å². The maximum Gasteiger partial charge on any atom is 0.251 e. The zero-order chi connectivity index (χ0) is 21.6. The highest BCUT2D eigenvalue weighted by molar-refractivity contribution is 6.06. The molecule has 1 aliphatic heterocycles. The lowest BCUT2D eigenvalue weighted by molar-refractivity contribution is -0.131. The first-order chi connectivity index (χ1) is 13.9. The van der Waals surface area contributed by atoms with E-state index in [1.165, 1.54) is 4.90 Å². The van der Waals surface area contributed by atoms with Crippen molar-refractivity contribution in [3.8, 4) is 0 Å². The van der Waals surface area contributed by atoms with Crippen molar-refractivity contribution in [3.63, 3.8) is 0 Å². The summed E-state index contributed by atoms with van der Waals surface area (Å²) in [6.45, 7) is 8.14. The van der Waals surface area contributed by atoms with Crippen molar-refractivity contribution in [3.05, 3.63) is 23.9 Å². The summed E-state index contributed by atoms with van der Waals surface area (Å²) in [6, 6.07) is 1.90. The third-order valence-corrected chi connectivity index (χ3v) is 5.56. The summed E-state index contributed by atoms with van der Waals surface area (Å²) < 4.78 is 0. The number of amides is 3. The molecule has 3 N–H and O–H groups in total. The molecular weight excluding hydrogens is 370 g/mol. The van der Waals surface area contributed by atoms with Crippen molar-refractivity contribution in [2.75, 3.05) is 18.5 Å². The van der Waals surface area contributed by atoms with Crippen molar-refractivity contribution < 1.29 is 14.4 Å². The van der Waals surface area contributed by atoms with E-state index in [0.717, 1.165) is 5.56 Å². The van der Waals surface area contributed by atoms with Gasteiger partial charge in [-0.25, -0.2) is 4.98 Å². The van der Waals surface area contributed by atoms with Gasteiger partial charge >= 0.3 is 0 Å². The molecule has 2 rings (SSSR count). The average Bonchev–Trinajstić information content (AvgIpc) is 3.11. The molecule has 0 aromatic carbocycles. The molecule has 8 heteroatoms. The highest BCUT2D eigenvalue weighted by Gasteiger charge is 2.43. The Morgan fingerprint density at radius 3 is 2.55 bits per heavy atom. The van der Waals surface area contributed by atoms with Crippen molar-refractivity contribution >= 4 is 23.5 Å². The second-order valence-electron chi connectivity index (χ2n) is 7.43. The van der Waals surface area contributed by atoms with E-state index in [1.807, 2.05) is 33.8 Å². The number of nitrogens with one attached hydrogen (secondary N) is 3. The summed E-state index contributed by atoms with van der Waals surface area (Å²) in [5, 5.41) is 8.69. The van der Waals surface area contributed by atoms with Gasteiger partial charge in [0.2, 0.25) is 11.8 Å². The number of nitrogens with zero attached hydrogens (tertiary/aromatic N) is 2. The largest absolute Gasteiger partial charge is 0.355 e. The van der Waals surface area contributed by atoms with Gasteiger partial charge < -0.3 is 16.0 Å². The molecule has 8 nitrogen and oxygen atoms in total. The van der Waals surface area contributed by atoms with Crippen LogP contribution in [0.5, 0.6) is 0 Å². The highest BCUT2D eigenvalue weighted by atomic mass is 16.2. The number of anilines is 1.